The Morgan fingerprint density at radius 1 is 1.47 bits per heavy atom. The second-order valence-corrected chi connectivity index (χ2v) is 4.30. The van der Waals surface area contributed by atoms with Crippen molar-refractivity contribution in [2.24, 2.45) is 5.73 Å². The van der Waals surface area contributed by atoms with Gasteiger partial charge in [0.25, 0.3) is 5.69 Å². The van der Waals surface area contributed by atoms with E-state index in [-0.39, 0.29) is 17.6 Å². The zero-order valence-electron chi connectivity index (χ0n) is 10.4. The molecular weight excluding hydrogens is 248 g/mol. The van der Waals surface area contributed by atoms with Gasteiger partial charge in [0.15, 0.2) is 0 Å². The summed E-state index contributed by atoms with van der Waals surface area (Å²) in [6.45, 7) is 1.89. The van der Waals surface area contributed by atoms with Crippen LogP contribution in [0.5, 0.6) is 0 Å². The zero-order valence-corrected chi connectivity index (χ0v) is 10.4. The smallest absolute Gasteiger partial charge is 0.280 e. The molecule has 0 spiro atoms. The zero-order chi connectivity index (χ0) is 13.8. The van der Waals surface area contributed by atoms with E-state index in [0.717, 1.165) is 6.42 Å². The number of aryl methyl sites for hydroxylation is 1. The molecule has 7 heteroatoms. The molecule has 19 heavy (non-hydrogen) atoms. The Morgan fingerprint density at radius 2 is 2.21 bits per heavy atom. The molecule has 0 aliphatic heterocycles. The number of nitrogens with two attached hydrogens (primary N) is 1. The van der Waals surface area contributed by atoms with Crippen LogP contribution in [0.15, 0.2) is 28.8 Å². The van der Waals surface area contributed by atoms with E-state index in [1.54, 1.807) is 18.2 Å². The quantitative estimate of drug-likeness (QED) is 0.651. The van der Waals surface area contributed by atoms with Gasteiger partial charge < -0.3 is 10.3 Å². The highest BCUT2D eigenvalue weighted by Gasteiger charge is 2.19. The highest BCUT2D eigenvalue weighted by molar-refractivity contribution is 5.67. The fourth-order valence-electron chi connectivity index (χ4n) is 1.64. The predicted octanol–water partition coefficient (Wildman–Crippen LogP) is 1.92. The first-order valence-electron chi connectivity index (χ1n) is 5.90. The summed E-state index contributed by atoms with van der Waals surface area (Å²) in [7, 11) is 0. The van der Waals surface area contributed by atoms with Gasteiger partial charge in [-0.2, -0.15) is 4.98 Å². The van der Waals surface area contributed by atoms with Gasteiger partial charge in [-0.3, -0.25) is 10.1 Å². The molecule has 1 aromatic heterocycles. The number of hydrogen-bond donors (Lipinski definition) is 1. The average molecular weight is 262 g/mol. The van der Waals surface area contributed by atoms with E-state index in [2.05, 4.69) is 10.1 Å². The van der Waals surface area contributed by atoms with Crippen molar-refractivity contribution in [2.45, 2.75) is 25.8 Å². The SMILES string of the molecule is CC(N)CCc1nc(-c2ccccc2[N+](=O)[O-])no1. The first-order valence-corrected chi connectivity index (χ1v) is 5.90. The first-order chi connectivity index (χ1) is 9.08. The van der Waals surface area contributed by atoms with E-state index >= 15 is 0 Å². The highest BCUT2D eigenvalue weighted by atomic mass is 16.6. The van der Waals surface area contributed by atoms with Crippen molar-refractivity contribution < 1.29 is 9.45 Å². The third-order valence-corrected chi connectivity index (χ3v) is 2.62. The summed E-state index contributed by atoms with van der Waals surface area (Å²) in [6, 6.07) is 6.34. The maximum Gasteiger partial charge on any atom is 0.280 e. The molecule has 0 saturated carbocycles. The van der Waals surface area contributed by atoms with Gasteiger partial charge in [-0.15, -0.1) is 0 Å². The monoisotopic (exact) mass is 262 g/mol. The van der Waals surface area contributed by atoms with Crippen LogP contribution in [-0.4, -0.2) is 21.1 Å². The van der Waals surface area contributed by atoms with Crippen LogP contribution in [0.1, 0.15) is 19.2 Å². The topological polar surface area (TPSA) is 108 Å². The maximum absolute atomic E-state index is 10.9. The van der Waals surface area contributed by atoms with E-state index in [1.807, 2.05) is 6.92 Å². The third kappa shape index (κ3) is 3.14. The van der Waals surface area contributed by atoms with Crippen molar-refractivity contribution in [3.63, 3.8) is 0 Å². The van der Waals surface area contributed by atoms with Crippen molar-refractivity contribution in [2.75, 3.05) is 0 Å². The Kier molecular flexibility index (Phi) is 3.86. The minimum absolute atomic E-state index is 0.0398. The van der Waals surface area contributed by atoms with E-state index in [0.29, 0.717) is 17.9 Å². The number of nitro groups is 1. The van der Waals surface area contributed by atoms with Crippen molar-refractivity contribution >= 4 is 5.69 Å². The van der Waals surface area contributed by atoms with Gasteiger partial charge in [-0.25, -0.2) is 0 Å². The van der Waals surface area contributed by atoms with Crippen LogP contribution in [0.2, 0.25) is 0 Å². The molecule has 0 aliphatic carbocycles. The fourth-order valence-corrected chi connectivity index (χ4v) is 1.64. The van der Waals surface area contributed by atoms with Crippen LogP contribution in [0, 0.1) is 10.1 Å². The first kappa shape index (κ1) is 13.2. The Morgan fingerprint density at radius 3 is 2.89 bits per heavy atom. The molecule has 100 valence electrons. The number of benzene rings is 1. The minimum Gasteiger partial charge on any atom is -0.339 e. The summed E-state index contributed by atoms with van der Waals surface area (Å²) in [5.41, 5.74) is 5.95. The summed E-state index contributed by atoms with van der Waals surface area (Å²) >= 11 is 0. The molecule has 1 atom stereocenters. The van der Waals surface area contributed by atoms with E-state index < -0.39 is 4.92 Å². The highest BCUT2D eigenvalue weighted by Crippen LogP contribution is 2.27. The lowest BCUT2D eigenvalue weighted by Crippen LogP contribution is -2.15. The molecule has 0 bridgehead atoms. The number of rotatable bonds is 5. The Bertz CT molecular complexity index is 580. The minimum atomic E-state index is -0.465. The van der Waals surface area contributed by atoms with Crippen molar-refractivity contribution in [1.82, 2.24) is 10.1 Å². The van der Waals surface area contributed by atoms with Gasteiger partial charge in [-0.1, -0.05) is 17.3 Å². The molecule has 0 fully saturated rings. The number of nitrogens with zero attached hydrogens (tertiary/aromatic N) is 3. The lowest BCUT2D eigenvalue weighted by molar-refractivity contribution is -0.384. The molecule has 1 unspecified atom stereocenters. The Balaban J connectivity index is 2.25. The third-order valence-electron chi connectivity index (χ3n) is 2.62. The number of nitro benzene ring substituents is 1. The summed E-state index contributed by atoms with van der Waals surface area (Å²) in [6.07, 6.45) is 1.28. The number of aromatic nitrogens is 2. The van der Waals surface area contributed by atoms with Crippen molar-refractivity contribution in [1.29, 1.82) is 0 Å². The Labute approximate surface area is 109 Å². The van der Waals surface area contributed by atoms with E-state index in [9.17, 15) is 10.1 Å². The fraction of sp³-hybridized carbons (Fsp3) is 0.333. The molecule has 2 N–H and O–H groups in total. The number of para-hydroxylation sites is 1. The Hall–Kier alpha value is -2.28. The van der Waals surface area contributed by atoms with Crippen LogP contribution in [0.3, 0.4) is 0 Å². The van der Waals surface area contributed by atoms with Crippen molar-refractivity contribution in [3.05, 3.63) is 40.3 Å². The van der Waals surface area contributed by atoms with Crippen LogP contribution in [-0.2, 0) is 6.42 Å². The largest absolute Gasteiger partial charge is 0.339 e. The van der Waals surface area contributed by atoms with Gasteiger partial charge in [0.2, 0.25) is 11.7 Å². The predicted molar refractivity (Wildman–Crippen MR) is 68.4 cm³/mol. The van der Waals surface area contributed by atoms with Gasteiger partial charge in [0.1, 0.15) is 5.56 Å². The molecule has 0 aliphatic rings. The molecule has 2 aromatic rings. The second-order valence-electron chi connectivity index (χ2n) is 4.30. The van der Waals surface area contributed by atoms with Crippen LogP contribution in [0.4, 0.5) is 5.69 Å². The summed E-state index contributed by atoms with van der Waals surface area (Å²) in [4.78, 5) is 14.6. The summed E-state index contributed by atoms with van der Waals surface area (Å²) < 4.78 is 5.06. The van der Waals surface area contributed by atoms with Gasteiger partial charge in [0.05, 0.1) is 4.92 Å². The van der Waals surface area contributed by atoms with Crippen LogP contribution >= 0.6 is 0 Å². The van der Waals surface area contributed by atoms with Crippen LogP contribution < -0.4 is 5.73 Å². The summed E-state index contributed by atoms with van der Waals surface area (Å²) in [5.74, 6) is 0.664. The number of hydrogen-bond acceptors (Lipinski definition) is 6. The van der Waals surface area contributed by atoms with E-state index in [1.165, 1.54) is 6.07 Å². The van der Waals surface area contributed by atoms with Gasteiger partial charge >= 0.3 is 0 Å². The molecule has 2 rings (SSSR count). The van der Waals surface area contributed by atoms with E-state index in [4.69, 9.17) is 10.3 Å². The van der Waals surface area contributed by atoms with Gasteiger partial charge in [0, 0.05) is 18.5 Å². The molecule has 0 amide bonds. The lowest BCUT2D eigenvalue weighted by Gasteiger charge is -1.99. The average Bonchev–Trinajstić information content (AvgIpc) is 2.85. The summed E-state index contributed by atoms with van der Waals surface area (Å²) in [5, 5.41) is 14.7. The lowest BCUT2D eigenvalue weighted by atomic mass is 10.1. The molecule has 7 nitrogen and oxygen atoms in total. The molecular formula is C12H14N4O3. The maximum atomic E-state index is 10.9. The molecule has 0 radical (unpaired) electrons. The standard InChI is InChI=1S/C12H14N4O3/c1-8(13)6-7-11-14-12(15-19-11)9-4-2-3-5-10(9)16(17)18/h2-5,8H,6-7,13H2,1H3. The molecule has 1 heterocycles. The van der Waals surface area contributed by atoms with Gasteiger partial charge in [-0.05, 0) is 19.4 Å². The molecule has 1 aromatic carbocycles. The normalized spacial score (nSPS) is 12.3. The van der Waals surface area contributed by atoms with Crippen molar-refractivity contribution in [3.8, 4) is 11.4 Å². The second kappa shape index (κ2) is 5.57. The van der Waals surface area contributed by atoms with Crippen LogP contribution in [0.25, 0.3) is 11.4 Å². The molecule has 0 saturated heterocycles.